The molecule has 0 aromatic carbocycles. The van der Waals surface area contributed by atoms with Crippen LogP contribution in [0.4, 0.5) is 0 Å². The first-order valence-electron chi connectivity index (χ1n) is 6.03. The van der Waals surface area contributed by atoms with Crippen LogP contribution in [0.1, 0.15) is 33.1 Å². The third-order valence-electron chi connectivity index (χ3n) is 2.50. The van der Waals surface area contributed by atoms with Gasteiger partial charge in [0.05, 0.1) is 6.54 Å². The SMILES string of the molecule is CCCNC(CCC)Cn1ncccc1=O. The second-order valence-electron chi connectivity index (χ2n) is 3.98. The van der Waals surface area contributed by atoms with Crippen LogP contribution in [0.5, 0.6) is 0 Å². The minimum Gasteiger partial charge on any atom is -0.312 e. The molecule has 90 valence electrons. The Labute approximate surface area is 96.7 Å². The molecule has 0 amide bonds. The van der Waals surface area contributed by atoms with Gasteiger partial charge in [-0.3, -0.25) is 4.79 Å². The predicted molar refractivity (Wildman–Crippen MR) is 65.5 cm³/mol. The highest BCUT2D eigenvalue weighted by Crippen LogP contribution is 1.98. The van der Waals surface area contributed by atoms with Gasteiger partial charge in [-0.1, -0.05) is 20.3 Å². The quantitative estimate of drug-likeness (QED) is 0.760. The number of nitrogens with one attached hydrogen (secondary N) is 1. The van der Waals surface area contributed by atoms with Crippen LogP contribution in [-0.4, -0.2) is 22.4 Å². The van der Waals surface area contributed by atoms with Gasteiger partial charge in [0.1, 0.15) is 0 Å². The summed E-state index contributed by atoms with van der Waals surface area (Å²) >= 11 is 0. The molecule has 1 unspecified atom stereocenters. The lowest BCUT2D eigenvalue weighted by atomic mass is 10.1. The van der Waals surface area contributed by atoms with E-state index in [1.807, 2.05) is 0 Å². The topological polar surface area (TPSA) is 46.9 Å². The average Bonchev–Trinajstić information content (AvgIpc) is 2.29. The average molecular weight is 223 g/mol. The first-order valence-corrected chi connectivity index (χ1v) is 6.03. The molecule has 0 radical (unpaired) electrons. The van der Waals surface area contributed by atoms with Crippen LogP contribution < -0.4 is 10.9 Å². The Hall–Kier alpha value is -1.16. The Morgan fingerprint density at radius 1 is 1.44 bits per heavy atom. The van der Waals surface area contributed by atoms with Gasteiger partial charge >= 0.3 is 0 Å². The van der Waals surface area contributed by atoms with Crippen LogP contribution in [0, 0.1) is 0 Å². The summed E-state index contributed by atoms with van der Waals surface area (Å²) in [5.74, 6) is 0. The van der Waals surface area contributed by atoms with E-state index in [0.717, 1.165) is 25.8 Å². The second kappa shape index (κ2) is 7.17. The molecule has 4 heteroatoms. The zero-order valence-electron chi connectivity index (χ0n) is 10.1. The molecule has 0 saturated carbocycles. The van der Waals surface area contributed by atoms with Crippen molar-refractivity contribution in [1.29, 1.82) is 0 Å². The van der Waals surface area contributed by atoms with Gasteiger partial charge in [0.2, 0.25) is 0 Å². The van der Waals surface area contributed by atoms with E-state index in [-0.39, 0.29) is 5.56 Å². The minimum absolute atomic E-state index is 0.0260. The number of nitrogens with zero attached hydrogens (tertiary/aromatic N) is 2. The number of hydrogen-bond donors (Lipinski definition) is 1. The van der Waals surface area contributed by atoms with Gasteiger partial charge in [-0.05, 0) is 25.5 Å². The molecule has 1 aromatic rings. The standard InChI is InChI=1S/C12H21N3O/c1-3-6-11(13-8-4-2)10-15-12(16)7-5-9-14-15/h5,7,9,11,13H,3-4,6,8,10H2,1-2H3. The van der Waals surface area contributed by atoms with E-state index in [2.05, 4.69) is 24.3 Å². The van der Waals surface area contributed by atoms with E-state index >= 15 is 0 Å². The molecule has 1 N–H and O–H groups in total. The molecule has 16 heavy (non-hydrogen) atoms. The zero-order chi connectivity index (χ0) is 11.8. The van der Waals surface area contributed by atoms with Crippen molar-refractivity contribution in [2.24, 2.45) is 0 Å². The first-order chi connectivity index (χ1) is 7.77. The predicted octanol–water partition coefficient (Wildman–Crippen LogP) is 1.41. The fourth-order valence-electron chi connectivity index (χ4n) is 1.69. The summed E-state index contributed by atoms with van der Waals surface area (Å²) in [7, 11) is 0. The van der Waals surface area contributed by atoms with Crippen LogP contribution in [-0.2, 0) is 6.54 Å². The fourth-order valence-corrected chi connectivity index (χ4v) is 1.69. The lowest BCUT2D eigenvalue weighted by molar-refractivity contribution is 0.392. The highest BCUT2D eigenvalue weighted by Gasteiger charge is 2.08. The Morgan fingerprint density at radius 3 is 2.88 bits per heavy atom. The van der Waals surface area contributed by atoms with Crippen molar-refractivity contribution in [3.05, 3.63) is 28.7 Å². The maximum absolute atomic E-state index is 11.5. The summed E-state index contributed by atoms with van der Waals surface area (Å²) in [5.41, 5.74) is -0.0260. The smallest absolute Gasteiger partial charge is 0.266 e. The Balaban J connectivity index is 2.60. The van der Waals surface area contributed by atoms with E-state index in [9.17, 15) is 4.79 Å². The van der Waals surface area contributed by atoms with Crippen LogP contribution in [0.25, 0.3) is 0 Å². The van der Waals surface area contributed by atoms with Crippen molar-refractivity contribution in [2.45, 2.75) is 45.7 Å². The van der Waals surface area contributed by atoms with Crippen molar-refractivity contribution in [3.63, 3.8) is 0 Å². The van der Waals surface area contributed by atoms with Crippen LogP contribution in [0.2, 0.25) is 0 Å². The van der Waals surface area contributed by atoms with Gasteiger partial charge in [0.25, 0.3) is 5.56 Å². The summed E-state index contributed by atoms with van der Waals surface area (Å²) in [6.07, 6.45) is 4.95. The third-order valence-corrected chi connectivity index (χ3v) is 2.50. The summed E-state index contributed by atoms with van der Waals surface area (Å²) in [4.78, 5) is 11.5. The van der Waals surface area contributed by atoms with E-state index in [1.54, 1.807) is 18.3 Å². The Morgan fingerprint density at radius 2 is 2.25 bits per heavy atom. The Kier molecular flexibility index (Phi) is 5.78. The highest BCUT2D eigenvalue weighted by molar-refractivity contribution is 4.85. The van der Waals surface area contributed by atoms with Gasteiger partial charge < -0.3 is 5.32 Å². The van der Waals surface area contributed by atoms with Crippen LogP contribution in [0.3, 0.4) is 0 Å². The molecule has 0 spiro atoms. The zero-order valence-corrected chi connectivity index (χ0v) is 10.1. The molecule has 0 fully saturated rings. The van der Waals surface area contributed by atoms with Gasteiger partial charge in [-0.25, -0.2) is 4.68 Å². The van der Waals surface area contributed by atoms with Gasteiger partial charge in [-0.2, -0.15) is 5.10 Å². The van der Waals surface area contributed by atoms with Crippen LogP contribution in [0.15, 0.2) is 23.1 Å². The number of hydrogen-bond acceptors (Lipinski definition) is 3. The van der Waals surface area contributed by atoms with E-state index in [4.69, 9.17) is 0 Å². The number of rotatable bonds is 7. The van der Waals surface area contributed by atoms with Gasteiger partial charge in [0.15, 0.2) is 0 Å². The highest BCUT2D eigenvalue weighted by atomic mass is 16.1. The van der Waals surface area contributed by atoms with Crippen molar-refractivity contribution in [1.82, 2.24) is 15.1 Å². The lowest BCUT2D eigenvalue weighted by Crippen LogP contribution is -2.37. The molecule has 1 aromatic heterocycles. The molecule has 1 atom stereocenters. The van der Waals surface area contributed by atoms with E-state index in [1.165, 1.54) is 4.68 Å². The normalized spacial score (nSPS) is 12.6. The largest absolute Gasteiger partial charge is 0.312 e. The summed E-state index contributed by atoms with van der Waals surface area (Å²) in [6, 6.07) is 3.57. The summed E-state index contributed by atoms with van der Waals surface area (Å²) < 4.78 is 1.53. The molecule has 4 nitrogen and oxygen atoms in total. The first kappa shape index (κ1) is 12.9. The number of aromatic nitrogens is 2. The minimum atomic E-state index is -0.0260. The fraction of sp³-hybridized carbons (Fsp3) is 0.667. The van der Waals surface area contributed by atoms with E-state index in [0.29, 0.717) is 12.6 Å². The molecule has 0 saturated heterocycles. The molecule has 0 aliphatic rings. The molecule has 0 aliphatic carbocycles. The lowest BCUT2D eigenvalue weighted by Gasteiger charge is -2.17. The monoisotopic (exact) mass is 223 g/mol. The van der Waals surface area contributed by atoms with Crippen molar-refractivity contribution in [2.75, 3.05) is 6.54 Å². The van der Waals surface area contributed by atoms with Crippen molar-refractivity contribution >= 4 is 0 Å². The van der Waals surface area contributed by atoms with Crippen molar-refractivity contribution in [3.8, 4) is 0 Å². The maximum atomic E-state index is 11.5. The maximum Gasteiger partial charge on any atom is 0.266 e. The second-order valence-corrected chi connectivity index (χ2v) is 3.98. The molecule has 0 bridgehead atoms. The van der Waals surface area contributed by atoms with Gasteiger partial charge in [-0.15, -0.1) is 0 Å². The molecular formula is C12H21N3O. The summed E-state index contributed by atoms with van der Waals surface area (Å²) in [6.45, 7) is 5.95. The van der Waals surface area contributed by atoms with Crippen LogP contribution >= 0.6 is 0 Å². The molecule has 1 rings (SSSR count). The van der Waals surface area contributed by atoms with E-state index < -0.39 is 0 Å². The van der Waals surface area contributed by atoms with Gasteiger partial charge in [0, 0.05) is 18.3 Å². The molecular weight excluding hydrogens is 202 g/mol. The third kappa shape index (κ3) is 4.14. The Bertz CT molecular complexity index is 348. The van der Waals surface area contributed by atoms with Crippen molar-refractivity contribution < 1.29 is 0 Å². The molecule has 1 heterocycles. The molecule has 0 aliphatic heterocycles. The summed E-state index contributed by atoms with van der Waals surface area (Å²) in [5, 5.41) is 7.52.